The molecule has 1 aromatic carbocycles. The van der Waals surface area contributed by atoms with Crippen LogP contribution in [0, 0.1) is 5.92 Å². The van der Waals surface area contributed by atoms with E-state index in [0.717, 1.165) is 5.02 Å². The molecule has 1 aliphatic rings. The van der Waals surface area contributed by atoms with Crippen molar-refractivity contribution in [2.45, 2.75) is 12.8 Å². The van der Waals surface area contributed by atoms with Crippen LogP contribution in [0.5, 0.6) is 0 Å². The Morgan fingerprint density at radius 3 is 3.00 bits per heavy atom. The second-order valence-corrected chi connectivity index (χ2v) is 5.66. The van der Waals surface area contributed by atoms with Gasteiger partial charge >= 0.3 is 5.97 Å². The SMILES string of the molecule is O=C(O)C1Cc2sc3cc(Cl)ccc3c2C1. The Morgan fingerprint density at radius 2 is 2.25 bits per heavy atom. The number of fused-ring (bicyclic) bond motifs is 3. The average Bonchev–Trinajstić information content (AvgIpc) is 2.73. The minimum atomic E-state index is -0.689. The van der Waals surface area contributed by atoms with Crippen LogP contribution in [-0.4, -0.2) is 11.1 Å². The zero-order valence-corrected chi connectivity index (χ0v) is 9.94. The summed E-state index contributed by atoms with van der Waals surface area (Å²) in [5.74, 6) is -0.924. The number of carbonyl (C=O) groups is 1. The van der Waals surface area contributed by atoms with Gasteiger partial charge in [-0.25, -0.2) is 0 Å². The normalized spacial score (nSPS) is 18.9. The Morgan fingerprint density at radius 1 is 1.44 bits per heavy atom. The largest absolute Gasteiger partial charge is 0.481 e. The van der Waals surface area contributed by atoms with Gasteiger partial charge in [-0.05, 0) is 35.9 Å². The third kappa shape index (κ3) is 1.43. The van der Waals surface area contributed by atoms with Crippen molar-refractivity contribution in [3.8, 4) is 0 Å². The standard InChI is InChI=1S/C12H9ClO2S/c13-7-1-2-8-9-3-6(12(14)15)4-10(9)16-11(8)5-7/h1-2,5-6H,3-4H2,(H,14,15). The molecule has 0 amide bonds. The van der Waals surface area contributed by atoms with Crippen molar-refractivity contribution in [1.29, 1.82) is 0 Å². The van der Waals surface area contributed by atoms with Crippen LogP contribution in [0.15, 0.2) is 18.2 Å². The summed E-state index contributed by atoms with van der Waals surface area (Å²) < 4.78 is 1.17. The Balaban J connectivity index is 2.12. The number of hydrogen-bond acceptors (Lipinski definition) is 2. The number of aliphatic carboxylic acids is 1. The highest BCUT2D eigenvalue weighted by Gasteiger charge is 2.30. The van der Waals surface area contributed by atoms with Crippen LogP contribution >= 0.6 is 22.9 Å². The van der Waals surface area contributed by atoms with Crippen LogP contribution in [0.2, 0.25) is 5.02 Å². The number of thiophene rings is 1. The fourth-order valence-electron chi connectivity index (χ4n) is 2.28. The molecule has 1 atom stereocenters. The van der Waals surface area contributed by atoms with Crippen molar-refractivity contribution in [3.05, 3.63) is 33.7 Å². The molecule has 0 bridgehead atoms. The molecule has 1 N–H and O–H groups in total. The van der Waals surface area contributed by atoms with E-state index < -0.39 is 5.97 Å². The minimum absolute atomic E-state index is 0.235. The lowest BCUT2D eigenvalue weighted by molar-refractivity contribution is -0.141. The van der Waals surface area contributed by atoms with Crippen molar-refractivity contribution < 1.29 is 9.90 Å². The van der Waals surface area contributed by atoms with E-state index in [4.69, 9.17) is 16.7 Å². The summed E-state index contributed by atoms with van der Waals surface area (Å²) in [5, 5.41) is 10.9. The van der Waals surface area contributed by atoms with E-state index in [2.05, 4.69) is 0 Å². The van der Waals surface area contributed by atoms with Gasteiger partial charge in [-0.2, -0.15) is 0 Å². The average molecular weight is 253 g/mol. The molecule has 1 aliphatic carbocycles. The molecule has 3 rings (SSSR count). The molecule has 1 heterocycles. The van der Waals surface area contributed by atoms with Crippen LogP contribution < -0.4 is 0 Å². The van der Waals surface area contributed by atoms with Crippen LogP contribution in [0.3, 0.4) is 0 Å². The minimum Gasteiger partial charge on any atom is -0.481 e. The number of halogens is 1. The monoisotopic (exact) mass is 252 g/mol. The van der Waals surface area contributed by atoms with E-state index in [1.165, 1.54) is 20.5 Å². The highest BCUT2D eigenvalue weighted by Crippen LogP contribution is 2.40. The Bertz CT molecular complexity index is 588. The fourth-order valence-corrected chi connectivity index (χ4v) is 3.87. The first-order chi connectivity index (χ1) is 7.65. The van der Waals surface area contributed by atoms with Gasteiger partial charge in [0, 0.05) is 14.6 Å². The number of carboxylic acids is 1. The van der Waals surface area contributed by atoms with Crippen LogP contribution in [0.4, 0.5) is 0 Å². The molecule has 0 saturated heterocycles. The molecule has 1 unspecified atom stereocenters. The van der Waals surface area contributed by atoms with Crippen LogP contribution in [-0.2, 0) is 17.6 Å². The first-order valence-electron chi connectivity index (χ1n) is 5.08. The second kappa shape index (κ2) is 3.47. The zero-order valence-electron chi connectivity index (χ0n) is 8.37. The first-order valence-corrected chi connectivity index (χ1v) is 6.27. The van der Waals surface area contributed by atoms with Gasteiger partial charge in [-0.15, -0.1) is 11.3 Å². The van der Waals surface area contributed by atoms with Crippen molar-refractivity contribution in [2.75, 3.05) is 0 Å². The lowest BCUT2D eigenvalue weighted by Crippen LogP contribution is -2.13. The predicted octanol–water partition coefficient (Wildman–Crippen LogP) is 3.35. The van der Waals surface area contributed by atoms with Crippen molar-refractivity contribution in [3.63, 3.8) is 0 Å². The molecule has 0 saturated carbocycles. The van der Waals surface area contributed by atoms with Crippen molar-refractivity contribution >= 4 is 39.0 Å². The summed E-state index contributed by atoms with van der Waals surface area (Å²) in [7, 11) is 0. The molecular weight excluding hydrogens is 244 g/mol. The maximum atomic E-state index is 10.9. The highest BCUT2D eigenvalue weighted by molar-refractivity contribution is 7.19. The Labute approximate surface area is 101 Å². The van der Waals surface area contributed by atoms with Crippen molar-refractivity contribution in [2.24, 2.45) is 5.92 Å². The van der Waals surface area contributed by atoms with Crippen LogP contribution in [0.1, 0.15) is 10.4 Å². The number of rotatable bonds is 1. The van der Waals surface area contributed by atoms with Gasteiger partial charge in [0.05, 0.1) is 5.92 Å². The van der Waals surface area contributed by atoms with Gasteiger partial charge in [0.1, 0.15) is 0 Å². The summed E-state index contributed by atoms with van der Waals surface area (Å²) in [6.07, 6.45) is 1.33. The lowest BCUT2D eigenvalue weighted by atomic mass is 10.1. The topological polar surface area (TPSA) is 37.3 Å². The van der Waals surface area contributed by atoms with Crippen molar-refractivity contribution in [1.82, 2.24) is 0 Å². The maximum Gasteiger partial charge on any atom is 0.307 e. The Kier molecular flexibility index (Phi) is 2.19. The van der Waals surface area contributed by atoms with Gasteiger partial charge in [0.15, 0.2) is 0 Å². The van der Waals surface area contributed by atoms with Gasteiger partial charge in [0.25, 0.3) is 0 Å². The number of benzene rings is 1. The molecule has 4 heteroatoms. The molecule has 0 fully saturated rings. The predicted molar refractivity (Wildman–Crippen MR) is 65.4 cm³/mol. The molecule has 0 spiro atoms. The molecular formula is C12H9ClO2S. The molecule has 82 valence electrons. The van der Waals surface area contributed by atoms with E-state index in [0.29, 0.717) is 12.8 Å². The molecule has 16 heavy (non-hydrogen) atoms. The Hall–Kier alpha value is -1.06. The van der Waals surface area contributed by atoms with Gasteiger partial charge < -0.3 is 5.11 Å². The smallest absolute Gasteiger partial charge is 0.307 e. The third-order valence-corrected chi connectivity index (χ3v) is 4.52. The van der Waals surface area contributed by atoms with E-state index in [1.54, 1.807) is 11.3 Å². The van der Waals surface area contributed by atoms with Gasteiger partial charge in [0.2, 0.25) is 0 Å². The highest BCUT2D eigenvalue weighted by atomic mass is 35.5. The molecule has 0 radical (unpaired) electrons. The molecule has 1 aromatic heterocycles. The third-order valence-electron chi connectivity index (χ3n) is 3.07. The first kappa shape index (κ1) is 10.1. The molecule has 2 aromatic rings. The lowest BCUT2D eigenvalue weighted by Gasteiger charge is -2.01. The van der Waals surface area contributed by atoms with Gasteiger partial charge in [-0.1, -0.05) is 17.7 Å². The van der Waals surface area contributed by atoms with E-state index in [-0.39, 0.29) is 5.92 Å². The molecule has 0 aliphatic heterocycles. The maximum absolute atomic E-state index is 10.9. The zero-order chi connectivity index (χ0) is 11.3. The van der Waals surface area contributed by atoms with E-state index >= 15 is 0 Å². The summed E-state index contributed by atoms with van der Waals surface area (Å²) in [6.45, 7) is 0. The van der Waals surface area contributed by atoms with Gasteiger partial charge in [-0.3, -0.25) is 4.79 Å². The fraction of sp³-hybridized carbons (Fsp3) is 0.250. The second-order valence-electron chi connectivity index (χ2n) is 4.09. The van der Waals surface area contributed by atoms with E-state index in [9.17, 15) is 4.79 Å². The van der Waals surface area contributed by atoms with E-state index in [1.807, 2.05) is 18.2 Å². The summed E-state index contributed by atoms with van der Waals surface area (Å²) in [5.41, 5.74) is 1.21. The molecule has 2 nitrogen and oxygen atoms in total. The summed E-state index contributed by atoms with van der Waals surface area (Å²) >= 11 is 7.61. The number of carboxylic acid groups (broad SMARTS) is 1. The number of hydrogen-bond donors (Lipinski definition) is 1. The van der Waals surface area contributed by atoms with Crippen LogP contribution in [0.25, 0.3) is 10.1 Å². The quantitative estimate of drug-likeness (QED) is 0.845. The summed E-state index contributed by atoms with van der Waals surface area (Å²) in [4.78, 5) is 12.2. The summed E-state index contributed by atoms with van der Waals surface area (Å²) in [6, 6.07) is 5.82.